The zero-order valence-corrected chi connectivity index (χ0v) is 12.5. The predicted octanol–water partition coefficient (Wildman–Crippen LogP) is 2.27. The van der Waals surface area contributed by atoms with Crippen LogP contribution in [0.4, 0.5) is 0 Å². The van der Waals surface area contributed by atoms with Gasteiger partial charge in [-0.15, -0.1) is 0 Å². The fourth-order valence-electron chi connectivity index (χ4n) is 1.74. The van der Waals surface area contributed by atoms with Gasteiger partial charge in [0.25, 0.3) is 0 Å². The average Bonchev–Trinajstić information content (AvgIpc) is 2.13. The molecule has 0 saturated carbocycles. The van der Waals surface area contributed by atoms with Crippen LogP contribution in [0.25, 0.3) is 0 Å². The van der Waals surface area contributed by atoms with Gasteiger partial charge < -0.3 is 17.2 Å². The minimum atomic E-state index is -0.402. The van der Waals surface area contributed by atoms with Crippen LogP contribution in [0, 0.1) is 0 Å². The quantitative estimate of drug-likeness (QED) is 0.769. The Balaban J connectivity index is 3.49. The molecule has 1 rings (SSSR count). The highest BCUT2D eigenvalue weighted by Crippen LogP contribution is 2.29. The summed E-state index contributed by atoms with van der Waals surface area (Å²) >= 11 is 0. The molecule has 1 aromatic rings. The first-order valence-corrected chi connectivity index (χ1v) is 6.35. The molecular weight excluding hydrogens is 222 g/mol. The third kappa shape index (κ3) is 3.55. The van der Waals surface area contributed by atoms with E-state index >= 15 is 0 Å². The molecule has 0 aromatic heterocycles. The first-order chi connectivity index (χ1) is 7.82. The van der Waals surface area contributed by atoms with Crippen molar-refractivity contribution in [3.63, 3.8) is 0 Å². The Kier molecular flexibility index (Phi) is 3.65. The summed E-state index contributed by atoms with van der Waals surface area (Å²) in [6.07, 6.45) is 0. The molecule has 0 spiro atoms. The smallest absolute Gasteiger partial charge is 0.0352 e. The largest absolute Gasteiger partial charge is 0.322 e. The Bertz CT molecular complexity index is 350. The molecule has 0 aliphatic heterocycles. The van der Waals surface area contributed by atoms with E-state index in [9.17, 15) is 0 Å². The lowest BCUT2D eigenvalue weighted by atomic mass is 9.83. The maximum Gasteiger partial charge on any atom is 0.0352 e. The summed E-state index contributed by atoms with van der Waals surface area (Å²) in [4.78, 5) is 0. The molecule has 0 fully saturated rings. The fraction of sp³-hybridized carbons (Fsp3) is 0.600. The Hall–Kier alpha value is -0.900. The average molecular weight is 249 g/mol. The van der Waals surface area contributed by atoms with Crippen LogP contribution in [0.3, 0.4) is 0 Å². The second-order valence-electron chi connectivity index (χ2n) is 6.96. The van der Waals surface area contributed by atoms with E-state index in [4.69, 9.17) is 17.2 Å². The molecule has 0 radical (unpaired) electrons. The molecule has 0 amide bonds. The number of nitrogens with two attached hydrogens (primary N) is 3. The van der Waals surface area contributed by atoms with E-state index in [2.05, 4.69) is 18.2 Å². The van der Waals surface area contributed by atoms with Crippen molar-refractivity contribution in [1.29, 1.82) is 0 Å². The molecule has 18 heavy (non-hydrogen) atoms. The maximum atomic E-state index is 6.20. The van der Waals surface area contributed by atoms with Gasteiger partial charge >= 0.3 is 0 Å². The van der Waals surface area contributed by atoms with E-state index in [1.165, 1.54) is 0 Å². The van der Waals surface area contributed by atoms with E-state index in [1.54, 1.807) is 0 Å². The van der Waals surface area contributed by atoms with Crippen molar-refractivity contribution in [3.05, 3.63) is 34.9 Å². The number of rotatable bonds is 3. The highest BCUT2D eigenvalue weighted by Gasteiger charge is 2.24. The van der Waals surface area contributed by atoms with Gasteiger partial charge in [0.1, 0.15) is 0 Å². The molecule has 0 heterocycles. The van der Waals surface area contributed by atoms with Crippen LogP contribution in [0.5, 0.6) is 0 Å². The zero-order chi connectivity index (χ0) is 14.4. The Morgan fingerprint density at radius 3 is 0.833 bits per heavy atom. The van der Waals surface area contributed by atoms with E-state index in [0.717, 1.165) is 16.7 Å². The normalized spacial score (nSPS) is 13.8. The molecule has 0 unspecified atom stereocenters. The van der Waals surface area contributed by atoms with E-state index in [-0.39, 0.29) is 0 Å². The van der Waals surface area contributed by atoms with Crippen LogP contribution in [0.2, 0.25) is 0 Å². The minimum absolute atomic E-state index is 0.402. The molecule has 0 saturated heterocycles. The van der Waals surface area contributed by atoms with Gasteiger partial charge in [-0.2, -0.15) is 0 Å². The Morgan fingerprint density at radius 2 is 0.722 bits per heavy atom. The van der Waals surface area contributed by atoms with Crippen LogP contribution in [-0.4, -0.2) is 0 Å². The van der Waals surface area contributed by atoms with Gasteiger partial charge in [0.15, 0.2) is 0 Å². The van der Waals surface area contributed by atoms with Crippen molar-refractivity contribution in [2.24, 2.45) is 17.2 Å². The van der Waals surface area contributed by atoms with E-state index in [0.29, 0.717) is 0 Å². The molecule has 0 aliphatic carbocycles. The van der Waals surface area contributed by atoms with Gasteiger partial charge in [0.2, 0.25) is 0 Å². The lowest BCUT2D eigenvalue weighted by Gasteiger charge is -2.29. The highest BCUT2D eigenvalue weighted by atomic mass is 14.7. The summed E-state index contributed by atoms with van der Waals surface area (Å²) in [7, 11) is 0. The van der Waals surface area contributed by atoms with Crippen molar-refractivity contribution in [1.82, 2.24) is 0 Å². The van der Waals surface area contributed by atoms with Gasteiger partial charge in [-0.25, -0.2) is 0 Å². The summed E-state index contributed by atoms with van der Waals surface area (Å²) in [6.45, 7) is 11.9. The van der Waals surface area contributed by atoms with Gasteiger partial charge in [0.05, 0.1) is 0 Å². The molecule has 102 valence electrons. The van der Waals surface area contributed by atoms with E-state index < -0.39 is 16.6 Å². The van der Waals surface area contributed by atoms with Crippen molar-refractivity contribution in [2.75, 3.05) is 0 Å². The molecule has 0 aliphatic rings. The zero-order valence-electron chi connectivity index (χ0n) is 12.5. The van der Waals surface area contributed by atoms with Gasteiger partial charge in [0, 0.05) is 16.6 Å². The summed E-state index contributed by atoms with van der Waals surface area (Å²) < 4.78 is 0. The molecule has 3 heteroatoms. The maximum absolute atomic E-state index is 6.20. The molecule has 1 aromatic carbocycles. The molecule has 0 bridgehead atoms. The van der Waals surface area contributed by atoms with Crippen molar-refractivity contribution < 1.29 is 0 Å². The second kappa shape index (κ2) is 4.34. The van der Waals surface area contributed by atoms with Crippen LogP contribution in [0.1, 0.15) is 58.2 Å². The van der Waals surface area contributed by atoms with Crippen molar-refractivity contribution >= 4 is 0 Å². The molecule has 0 atom stereocenters. The second-order valence-corrected chi connectivity index (χ2v) is 6.96. The highest BCUT2D eigenvalue weighted by molar-refractivity contribution is 5.39. The van der Waals surface area contributed by atoms with Crippen LogP contribution in [0.15, 0.2) is 18.2 Å². The standard InChI is InChI=1S/C15H27N3/c1-13(2,16)10-7-11(14(3,4)17)9-12(8-10)15(5,6)18/h7-9H,16-18H2,1-6H3. The predicted molar refractivity (Wildman–Crippen MR) is 78.1 cm³/mol. The van der Waals surface area contributed by atoms with Crippen molar-refractivity contribution in [2.45, 2.75) is 58.2 Å². The number of hydrogen-bond acceptors (Lipinski definition) is 3. The topological polar surface area (TPSA) is 78.1 Å². The third-order valence-electron chi connectivity index (χ3n) is 3.17. The number of hydrogen-bond donors (Lipinski definition) is 3. The first kappa shape index (κ1) is 15.2. The van der Waals surface area contributed by atoms with Gasteiger partial charge in [-0.1, -0.05) is 18.2 Å². The lowest BCUT2D eigenvalue weighted by molar-refractivity contribution is 0.515. The Labute approximate surface area is 111 Å². The van der Waals surface area contributed by atoms with E-state index in [1.807, 2.05) is 41.5 Å². The minimum Gasteiger partial charge on any atom is -0.322 e. The lowest BCUT2D eigenvalue weighted by Crippen LogP contribution is -2.35. The molecule has 6 N–H and O–H groups in total. The summed E-state index contributed by atoms with van der Waals surface area (Å²) in [5.74, 6) is 0. The van der Waals surface area contributed by atoms with Crippen LogP contribution < -0.4 is 17.2 Å². The van der Waals surface area contributed by atoms with Crippen molar-refractivity contribution in [3.8, 4) is 0 Å². The summed E-state index contributed by atoms with van der Waals surface area (Å²) in [5.41, 5.74) is 20.6. The first-order valence-electron chi connectivity index (χ1n) is 6.35. The van der Waals surface area contributed by atoms with Crippen LogP contribution >= 0.6 is 0 Å². The van der Waals surface area contributed by atoms with Gasteiger partial charge in [-0.05, 0) is 58.2 Å². The molecular formula is C15H27N3. The third-order valence-corrected chi connectivity index (χ3v) is 3.17. The Morgan fingerprint density at radius 1 is 0.556 bits per heavy atom. The van der Waals surface area contributed by atoms with Gasteiger partial charge in [-0.3, -0.25) is 0 Å². The fourth-order valence-corrected chi connectivity index (χ4v) is 1.74. The SMILES string of the molecule is CC(C)(N)c1cc(C(C)(C)N)cc(C(C)(C)N)c1. The summed E-state index contributed by atoms with van der Waals surface area (Å²) in [6, 6.07) is 6.24. The summed E-state index contributed by atoms with van der Waals surface area (Å²) in [5, 5.41) is 0. The molecule has 3 nitrogen and oxygen atoms in total. The monoisotopic (exact) mass is 249 g/mol. The van der Waals surface area contributed by atoms with Crippen LogP contribution in [-0.2, 0) is 16.6 Å². The number of benzene rings is 1.